The number of furan rings is 1. The van der Waals surface area contributed by atoms with Gasteiger partial charge in [0.15, 0.2) is 16.1 Å². The lowest BCUT2D eigenvalue weighted by molar-refractivity contribution is 0.553. The highest BCUT2D eigenvalue weighted by Gasteiger charge is 2.14. The number of benzene rings is 1. The third kappa shape index (κ3) is 2.44. The molecule has 0 amide bonds. The van der Waals surface area contributed by atoms with Crippen molar-refractivity contribution in [2.24, 2.45) is 0 Å². The van der Waals surface area contributed by atoms with Crippen molar-refractivity contribution in [3.8, 4) is 17.1 Å². The number of nitrogen functional groups attached to an aromatic ring is 1. The fraction of sp³-hybridized carbons (Fsp3) is 0. The van der Waals surface area contributed by atoms with Crippen LogP contribution in [0.4, 0.5) is 5.69 Å². The first-order valence-corrected chi connectivity index (χ1v) is 7.16. The summed E-state index contributed by atoms with van der Waals surface area (Å²) in [5, 5.41) is 5.46. The summed E-state index contributed by atoms with van der Waals surface area (Å²) in [4.78, 5) is 0. The fourth-order valence-corrected chi connectivity index (χ4v) is 2.61. The largest absolute Gasteiger partial charge is 0.448 e. The lowest BCUT2D eigenvalue weighted by Crippen LogP contribution is -1.95. The van der Waals surface area contributed by atoms with Crippen LogP contribution in [-0.2, 0) is 0 Å². The third-order valence-corrected chi connectivity index (χ3v) is 3.67. The molecule has 0 radical (unpaired) electrons. The molecule has 2 N–H and O–H groups in total. The van der Waals surface area contributed by atoms with Crippen molar-refractivity contribution in [2.45, 2.75) is 0 Å². The molecule has 0 bridgehead atoms. The Morgan fingerprint density at radius 3 is 2.65 bits per heavy atom. The molecule has 0 aliphatic carbocycles. The van der Waals surface area contributed by atoms with Gasteiger partial charge < -0.3 is 10.2 Å². The lowest BCUT2D eigenvalue weighted by atomic mass is 10.3. The summed E-state index contributed by atoms with van der Waals surface area (Å²) in [6.07, 6.45) is 1.68. The zero-order chi connectivity index (χ0) is 14.3. The average Bonchev–Trinajstić information content (AvgIpc) is 2.95. The summed E-state index contributed by atoms with van der Waals surface area (Å²) in [5.41, 5.74) is 7.72. The van der Waals surface area contributed by atoms with Crippen LogP contribution in [0.5, 0.6) is 0 Å². The van der Waals surface area contributed by atoms with E-state index in [2.05, 4.69) is 21.0 Å². The van der Waals surface area contributed by atoms with E-state index in [0.29, 0.717) is 37.5 Å². The molecule has 0 atom stereocenters. The van der Waals surface area contributed by atoms with Crippen molar-refractivity contribution in [3.05, 3.63) is 51.2 Å². The molecule has 0 aliphatic heterocycles. The molecule has 0 aliphatic rings. The van der Waals surface area contributed by atoms with E-state index in [4.69, 9.17) is 33.4 Å². The number of aromatic nitrogens is 2. The third-order valence-electron chi connectivity index (χ3n) is 2.71. The van der Waals surface area contributed by atoms with Crippen molar-refractivity contribution in [3.63, 3.8) is 0 Å². The maximum atomic E-state index is 6.16. The summed E-state index contributed by atoms with van der Waals surface area (Å²) >= 11 is 15.3. The maximum Gasteiger partial charge on any atom is 0.169 e. The van der Waals surface area contributed by atoms with Gasteiger partial charge in [-0.1, -0.05) is 23.2 Å². The molecule has 2 aromatic heterocycles. The number of halogens is 3. The van der Waals surface area contributed by atoms with Crippen molar-refractivity contribution in [1.29, 1.82) is 0 Å². The Bertz CT molecular complexity index is 782. The molecule has 0 saturated carbocycles. The molecule has 7 heteroatoms. The van der Waals surface area contributed by atoms with Crippen LogP contribution in [0.1, 0.15) is 0 Å². The van der Waals surface area contributed by atoms with E-state index in [0.717, 1.165) is 0 Å². The molecule has 102 valence electrons. The van der Waals surface area contributed by atoms with Crippen LogP contribution in [0.3, 0.4) is 0 Å². The Hall–Kier alpha value is -1.43. The van der Waals surface area contributed by atoms with Crippen LogP contribution in [-0.4, -0.2) is 9.78 Å². The normalized spacial score (nSPS) is 10.9. The number of hydrogen-bond donors (Lipinski definition) is 1. The highest BCUT2D eigenvalue weighted by molar-refractivity contribution is 9.10. The molecule has 0 spiro atoms. The first-order chi connectivity index (χ1) is 9.54. The van der Waals surface area contributed by atoms with Crippen molar-refractivity contribution < 1.29 is 4.42 Å². The van der Waals surface area contributed by atoms with Gasteiger partial charge in [-0.25, -0.2) is 4.68 Å². The predicted molar refractivity (Wildman–Crippen MR) is 83.4 cm³/mol. The number of anilines is 1. The molecule has 4 nitrogen and oxygen atoms in total. The van der Waals surface area contributed by atoms with Crippen LogP contribution < -0.4 is 5.73 Å². The smallest absolute Gasteiger partial charge is 0.169 e. The highest BCUT2D eigenvalue weighted by atomic mass is 79.9. The number of nitrogens with zero attached hydrogens (tertiary/aromatic N) is 2. The Labute approximate surface area is 133 Å². The van der Waals surface area contributed by atoms with Gasteiger partial charge in [0.05, 0.1) is 22.6 Å². The van der Waals surface area contributed by atoms with Gasteiger partial charge in [0.2, 0.25) is 0 Å². The molecule has 0 fully saturated rings. The van der Waals surface area contributed by atoms with Gasteiger partial charge in [0.1, 0.15) is 0 Å². The molecule has 3 aromatic rings. The predicted octanol–water partition coefficient (Wildman–Crippen LogP) is 4.78. The van der Waals surface area contributed by atoms with Crippen LogP contribution in [0.25, 0.3) is 17.1 Å². The average molecular weight is 373 g/mol. The van der Waals surface area contributed by atoms with Gasteiger partial charge in [-0.05, 0) is 46.3 Å². The maximum absolute atomic E-state index is 6.16. The number of nitrogens with two attached hydrogens (primary N) is 1. The second-order valence-corrected chi connectivity index (χ2v) is 5.70. The summed E-state index contributed by atoms with van der Waals surface area (Å²) in [6.45, 7) is 0. The van der Waals surface area contributed by atoms with Crippen LogP contribution >= 0.6 is 39.1 Å². The Morgan fingerprint density at radius 1 is 1.20 bits per heavy atom. The Morgan fingerprint density at radius 2 is 2.00 bits per heavy atom. The van der Waals surface area contributed by atoms with Gasteiger partial charge in [0.25, 0.3) is 0 Å². The summed E-state index contributed by atoms with van der Waals surface area (Å²) in [6, 6.07) is 8.74. The number of rotatable bonds is 2. The monoisotopic (exact) mass is 371 g/mol. The standard InChI is InChI=1S/C13H8BrCl2N3O/c14-12-4-3-11(20-12)13-9(17)6-19(18-13)10-2-1-7(15)5-8(10)16/h1-6H,17H2. The van der Waals surface area contributed by atoms with E-state index < -0.39 is 0 Å². The first-order valence-electron chi connectivity index (χ1n) is 5.61. The minimum absolute atomic E-state index is 0.493. The lowest BCUT2D eigenvalue weighted by Gasteiger charge is -2.03. The zero-order valence-electron chi connectivity index (χ0n) is 9.98. The van der Waals surface area contributed by atoms with Crippen molar-refractivity contribution >= 4 is 44.8 Å². The van der Waals surface area contributed by atoms with E-state index in [1.807, 2.05) is 0 Å². The molecule has 1 aromatic carbocycles. The van der Waals surface area contributed by atoms with Crippen molar-refractivity contribution in [2.75, 3.05) is 5.73 Å². The van der Waals surface area contributed by atoms with E-state index in [1.54, 1.807) is 41.2 Å². The molecule has 2 heterocycles. The van der Waals surface area contributed by atoms with E-state index in [-0.39, 0.29) is 0 Å². The zero-order valence-corrected chi connectivity index (χ0v) is 13.1. The van der Waals surface area contributed by atoms with Gasteiger partial charge >= 0.3 is 0 Å². The first kappa shape index (κ1) is 13.5. The van der Waals surface area contributed by atoms with Crippen molar-refractivity contribution in [1.82, 2.24) is 9.78 Å². The van der Waals surface area contributed by atoms with E-state index >= 15 is 0 Å². The number of hydrogen-bond acceptors (Lipinski definition) is 3. The van der Waals surface area contributed by atoms with Gasteiger partial charge in [-0.3, -0.25) is 0 Å². The summed E-state index contributed by atoms with van der Waals surface area (Å²) < 4.78 is 7.67. The Kier molecular flexibility index (Phi) is 3.50. The van der Waals surface area contributed by atoms with Gasteiger partial charge in [-0.15, -0.1) is 0 Å². The molecule has 0 saturated heterocycles. The van der Waals surface area contributed by atoms with Gasteiger partial charge in [0, 0.05) is 5.02 Å². The van der Waals surface area contributed by atoms with Crippen LogP contribution in [0, 0.1) is 0 Å². The summed E-state index contributed by atoms with van der Waals surface area (Å²) in [5.74, 6) is 0.582. The highest BCUT2D eigenvalue weighted by Crippen LogP contribution is 2.31. The van der Waals surface area contributed by atoms with E-state index in [1.165, 1.54) is 0 Å². The fourth-order valence-electron chi connectivity index (χ4n) is 1.81. The molecule has 20 heavy (non-hydrogen) atoms. The Balaban J connectivity index is 2.08. The molecule has 0 unspecified atom stereocenters. The SMILES string of the molecule is Nc1cn(-c2ccc(Cl)cc2Cl)nc1-c1ccc(Br)o1. The second-order valence-electron chi connectivity index (χ2n) is 4.08. The minimum Gasteiger partial charge on any atom is -0.448 e. The topological polar surface area (TPSA) is 57.0 Å². The molecular formula is C13H8BrCl2N3O. The molecular weight excluding hydrogens is 365 g/mol. The summed E-state index contributed by atoms with van der Waals surface area (Å²) in [7, 11) is 0. The minimum atomic E-state index is 0.493. The molecule has 3 rings (SSSR count). The quantitative estimate of drug-likeness (QED) is 0.703. The van der Waals surface area contributed by atoms with Crippen LogP contribution in [0.15, 0.2) is 45.6 Å². The van der Waals surface area contributed by atoms with Gasteiger partial charge in [-0.2, -0.15) is 5.10 Å². The second kappa shape index (κ2) is 5.16. The van der Waals surface area contributed by atoms with Crippen LogP contribution in [0.2, 0.25) is 10.0 Å². The van der Waals surface area contributed by atoms with E-state index in [9.17, 15) is 0 Å².